The molecule has 102 valence electrons. The topological polar surface area (TPSA) is 0 Å². The molecule has 0 radical (unpaired) electrons. The maximum Gasteiger partial charge on any atom is -0.0300 e. The molecule has 0 aromatic carbocycles. The molecule has 0 heteroatoms. The molecule has 1 fully saturated rings. The normalized spacial score (nSPS) is 34.6. The Hall–Kier alpha value is 0. The van der Waals surface area contributed by atoms with Gasteiger partial charge in [-0.1, -0.05) is 67.7 Å². The van der Waals surface area contributed by atoms with Crippen LogP contribution in [0, 0.1) is 35.0 Å². The van der Waals surface area contributed by atoms with Crippen molar-refractivity contribution in [3.05, 3.63) is 0 Å². The lowest BCUT2D eigenvalue weighted by molar-refractivity contribution is 0.101. The fourth-order valence-electron chi connectivity index (χ4n) is 4.71. The number of hydrogen-bond donors (Lipinski definition) is 0. The Morgan fingerprint density at radius 2 is 1.65 bits per heavy atom. The van der Waals surface area contributed by atoms with Crippen molar-refractivity contribution in [3.63, 3.8) is 0 Å². The Morgan fingerprint density at radius 3 is 2.00 bits per heavy atom. The van der Waals surface area contributed by atoms with Crippen LogP contribution in [0.3, 0.4) is 0 Å². The minimum atomic E-state index is 0.582. The van der Waals surface area contributed by atoms with E-state index in [2.05, 4.69) is 48.5 Å². The lowest BCUT2D eigenvalue weighted by Crippen LogP contribution is -2.31. The predicted molar refractivity (Wildman–Crippen MR) is 78.1 cm³/mol. The molecule has 0 spiro atoms. The Morgan fingerprint density at radius 1 is 1.12 bits per heavy atom. The lowest BCUT2D eigenvalue weighted by atomic mass is 9.66. The molecule has 17 heavy (non-hydrogen) atoms. The molecule has 1 aliphatic carbocycles. The first-order chi connectivity index (χ1) is 7.91. The van der Waals surface area contributed by atoms with Crippen LogP contribution >= 0.6 is 0 Å². The van der Waals surface area contributed by atoms with Crippen LogP contribution in [0.15, 0.2) is 0 Å². The van der Waals surface area contributed by atoms with Crippen LogP contribution in [0.25, 0.3) is 0 Å². The molecular weight excluding hydrogens is 204 g/mol. The summed E-state index contributed by atoms with van der Waals surface area (Å²) in [6, 6.07) is 0. The SMILES string of the molecule is CCC1C(C(C)C)C(C)CC1C(C)(CC)CC. The molecule has 1 rings (SSSR count). The van der Waals surface area contributed by atoms with Crippen LogP contribution in [-0.4, -0.2) is 0 Å². The average Bonchev–Trinajstić information content (AvgIpc) is 2.65. The van der Waals surface area contributed by atoms with Crippen LogP contribution in [0.4, 0.5) is 0 Å². The summed E-state index contributed by atoms with van der Waals surface area (Å²) in [4.78, 5) is 0. The third-order valence-electron chi connectivity index (χ3n) is 6.05. The Balaban J connectivity index is 2.95. The molecule has 0 saturated heterocycles. The van der Waals surface area contributed by atoms with E-state index in [9.17, 15) is 0 Å². The summed E-state index contributed by atoms with van der Waals surface area (Å²) in [6.07, 6.45) is 5.55. The van der Waals surface area contributed by atoms with Crippen molar-refractivity contribution in [2.75, 3.05) is 0 Å². The fraction of sp³-hybridized carbons (Fsp3) is 1.00. The van der Waals surface area contributed by atoms with Gasteiger partial charge in [0.25, 0.3) is 0 Å². The van der Waals surface area contributed by atoms with Crippen LogP contribution in [-0.2, 0) is 0 Å². The maximum absolute atomic E-state index is 2.54. The van der Waals surface area contributed by atoms with Gasteiger partial charge in [0, 0.05) is 0 Å². The molecule has 0 N–H and O–H groups in total. The van der Waals surface area contributed by atoms with Gasteiger partial charge in [-0.3, -0.25) is 0 Å². The third-order valence-corrected chi connectivity index (χ3v) is 6.05. The minimum Gasteiger partial charge on any atom is -0.0651 e. The van der Waals surface area contributed by atoms with Gasteiger partial charge in [0.15, 0.2) is 0 Å². The van der Waals surface area contributed by atoms with Gasteiger partial charge in [-0.05, 0) is 41.4 Å². The summed E-state index contributed by atoms with van der Waals surface area (Å²) in [5.74, 6) is 4.68. The van der Waals surface area contributed by atoms with Crippen molar-refractivity contribution in [2.45, 2.75) is 74.1 Å². The van der Waals surface area contributed by atoms with Gasteiger partial charge in [0.05, 0.1) is 0 Å². The zero-order valence-corrected chi connectivity index (χ0v) is 13.2. The summed E-state index contributed by atoms with van der Waals surface area (Å²) in [7, 11) is 0. The first-order valence-corrected chi connectivity index (χ1v) is 7.91. The van der Waals surface area contributed by atoms with Crippen LogP contribution < -0.4 is 0 Å². The van der Waals surface area contributed by atoms with E-state index in [0.29, 0.717) is 5.41 Å². The highest BCUT2D eigenvalue weighted by Gasteiger charge is 2.47. The van der Waals surface area contributed by atoms with Gasteiger partial charge in [-0.2, -0.15) is 0 Å². The van der Waals surface area contributed by atoms with Crippen molar-refractivity contribution in [2.24, 2.45) is 35.0 Å². The van der Waals surface area contributed by atoms with E-state index in [1.54, 1.807) is 0 Å². The van der Waals surface area contributed by atoms with Crippen LogP contribution in [0.5, 0.6) is 0 Å². The second-order valence-corrected chi connectivity index (χ2v) is 7.07. The molecule has 0 aromatic heterocycles. The van der Waals surface area contributed by atoms with E-state index in [0.717, 1.165) is 29.6 Å². The van der Waals surface area contributed by atoms with E-state index in [1.165, 1.54) is 25.7 Å². The van der Waals surface area contributed by atoms with Crippen LogP contribution in [0.1, 0.15) is 74.1 Å². The highest BCUT2D eigenvalue weighted by molar-refractivity contribution is 4.96. The molecule has 0 nitrogen and oxygen atoms in total. The lowest BCUT2D eigenvalue weighted by Gasteiger charge is -2.39. The van der Waals surface area contributed by atoms with Gasteiger partial charge in [-0.15, -0.1) is 0 Å². The van der Waals surface area contributed by atoms with E-state index in [-0.39, 0.29) is 0 Å². The standard InChI is InChI=1S/C17H34/c1-8-14-15(17(7,9-2)10-3)11-13(6)16(14)12(4)5/h12-16H,8-11H2,1-7H3. The van der Waals surface area contributed by atoms with Crippen molar-refractivity contribution in [3.8, 4) is 0 Å². The predicted octanol–water partition coefficient (Wildman–Crippen LogP) is 5.77. The quantitative estimate of drug-likeness (QED) is 0.570. The number of rotatable bonds is 5. The Labute approximate surface area is 110 Å². The highest BCUT2D eigenvalue weighted by atomic mass is 14.5. The van der Waals surface area contributed by atoms with Gasteiger partial charge in [-0.25, -0.2) is 0 Å². The monoisotopic (exact) mass is 238 g/mol. The largest absolute Gasteiger partial charge is 0.0651 e. The van der Waals surface area contributed by atoms with E-state index in [1.807, 2.05) is 0 Å². The zero-order valence-electron chi connectivity index (χ0n) is 13.2. The Kier molecular flexibility index (Phi) is 5.10. The van der Waals surface area contributed by atoms with Crippen molar-refractivity contribution >= 4 is 0 Å². The van der Waals surface area contributed by atoms with Crippen molar-refractivity contribution in [1.82, 2.24) is 0 Å². The molecule has 4 atom stereocenters. The summed E-state index contributed by atoms with van der Waals surface area (Å²) in [5.41, 5.74) is 0.582. The molecule has 0 amide bonds. The molecule has 0 bridgehead atoms. The summed E-state index contributed by atoms with van der Waals surface area (Å²) in [6.45, 7) is 17.1. The van der Waals surface area contributed by atoms with Crippen molar-refractivity contribution in [1.29, 1.82) is 0 Å². The summed E-state index contributed by atoms with van der Waals surface area (Å²) < 4.78 is 0. The first kappa shape index (κ1) is 15.1. The van der Waals surface area contributed by atoms with Gasteiger partial charge in [0.1, 0.15) is 0 Å². The summed E-state index contributed by atoms with van der Waals surface area (Å²) >= 11 is 0. The smallest absolute Gasteiger partial charge is 0.0300 e. The molecule has 0 heterocycles. The third kappa shape index (κ3) is 2.71. The van der Waals surface area contributed by atoms with Gasteiger partial charge < -0.3 is 0 Å². The molecular formula is C17H34. The van der Waals surface area contributed by atoms with E-state index in [4.69, 9.17) is 0 Å². The van der Waals surface area contributed by atoms with Gasteiger partial charge >= 0.3 is 0 Å². The summed E-state index contributed by atoms with van der Waals surface area (Å²) in [5, 5.41) is 0. The molecule has 1 saturated carbocycles. The first-order valence-electron chi connectivity index (χ1n) is 7.91. The van der Waals surface area contributed by atoms with Crippen molar-refractivity contribution < 1.29 is 0 Å². The molecule has 1 aliphatic rings. The highest BCUT2D eigenvalue weighted by Crippen LogP contribution is 2.55. The fourth-order valence-corrected chi connectivity index (χ4v) is 4.71. The maximum atomic E-state index is 2.54. The molecule has 4 unspecified atom stereocenters. The molecule has 0 aliphatic heterocycles. The Bertz CT molecular complexity index is 224. The average molecular weight is 238 g/mol. The number of hydrogen-bond acceptors (Lipinski definition) is 0. The zero-order chi connectivity index (χ0) is 13.2. The van der Waals surface area contributed by atoms with E-state index < -0.39 is 0 Å². The molecule has 0 aromatic rings. The minimum absolute atomic E-state index is 0.582. The second kappa shape index (κ2) is 5.76. The second-order valence-electron chi connectivity index (χ2n) is 7.07. The van der Waals surface area contributed by atoms with E-state index >= 15 is 0 Å². The van der Waals surface area contributed by atoms with Gasteiger partial charge in [0.2, 0.25) is 0 Å². The van der Waals surface area contributed by atoms with Crippen LogP contribution in [0.2, 0.25) is 0 Å².